The molecule has 0 bridgehead atoms. The van der Waals surface area contributed by atoms with Gasteiger partial charge in [0, 0.05) is 12.0 Å². The molecule has 3 rings (SSSR count). The van der Waals surface area contributed by atoms with Crippen LogP contribution in [-0.2, 0) is 4.74 Å². The summed E-state index contributed by atoms with van der Waals surface area (Å²) in [5.41, 5.74) is 2.60. The van der Waals surface area contributed by atoms with Gasteiger partial charge < -0.3 is 14.9 Å². The number of benzene rings is 1. The maximum absolute atomic E-state index is 9.85. The third-order valence-electron chi connectivity index (χ3n) is 3.66. The van der Waals surface area contributed by atoms with Crippen LogP contribution in [0.4, 0.5) is 0 Å². The highest BCUT2D eigenvalue weighted by atomic mass is 16.5. The molecule has 21 heavy (non-hydrogen) atoms. The van der Waals surface area contributed by atoms with Gasteiger partial charge in [0.05, 0.1) is 24.1 Å². The zero-order valence-electron chi connectivity index (χ0n) is 11.8. The number of hydrogen-bond acceptors (Lipinski definition) is 5. The summed E-state index contributed by atoms with van der Waals surface area (Å²) in [7, 11) is 0. The van der Waals surface area contributed by atoms with E-state index in [1.807, 2.05) is 43.3 Å². The van der Waals surface area contributed by atoms with Crippen molar-refractivity contribution in [2.45, 2.75) is 31.7 Å². The van der Waals surface area contributed by atoms with E-state index in [1.54, 1.807) is 0 Å². The van der Waals surface area contributed by atoms with Gasteiger partial charge in [0.15, 0.2) is 0 Å². The number of aryl methyl sites for hydroxylation is 1. The molecule has 1 aromatic carbocycles. The van der Waals surface area contributed by atoms with Crippen molar-refractivity contribution in [2.24, 2.45) is 0 Å². The van der Waals surface area contributed by atoms with Crippen LogP contribution in [0, 0.1) is 6.92 Å². The molecule has 0 amide bonds. The molecule has 5 heteroatoms. The first kappa shape index (κ1) is 14.1. The minimum atomic E-state index is -0.657. The largest absolute Gasteiger partial charge is 0.394 e. The van der Waals surface area contributed by atoms with Gasteiger partial charge in [0.2, 0.25) is 0 Å². The van der Waals surface area contributed by atoms with E-state index >= 15 is 0 Å². The van der Waals surface area contributed by atoms with Crippen molar-refractivity contribution in [1.29, 1.82) is 0 Å². The molecule has 2 aromatic rings. The molecule has 0 unspecified atom stereocenters. The zero-order chi connectivity index (χ0) is 14.8. The molecule has 0 radical (unpaired) electrons. The predicted octanol–water partition coefficient (Wildman–Crippen LogP) is 1.64. The van der Waals surface area contributed by atoms with Crippen LogP contribution in [0.25, 0.3) is 11.3 Å². The first-order valence-electron chi connectivity index (χ1n) is 7.03. The summed E-state index contributed by atoms with van der Waals surface area (Å²) >= 11 is 0. The van der Waals surface area contributed by atoms with E-state index in [2.05, 4.69) is 9.97 Å². The highest BCUT2D eigenvalue weighted by molar-refractivity contribution is 5.59. The Morgan fingerprint density at radius 3 is 2.67 bits per heavy atom. The lowest BCUT2D eigenvalue weighted by atomic mass is 10.1. The van der Waals surface area contributed by atoms with Gasteiger partial charge in [-0.3, -0.25) is 0 Å². The average Bonchev–Trinajstić information content (AvgIpc) is 2.89. The Bertz CT molecular complexity index is 618. The van der Waals surface area contributed by atoms with Crippen molar-refractivity contribution in [1.82, 2.24) is 9.97 Å². The number of aliphatic hydroxyl groups is 2. The molecule has 0 spiro atoms. The lowest BCUT2D eigenvalue weighted by molar-refractivity contribution is -0.0236. The van der Waals surface area contributed by atoms with Gasteiger partial charge >= 0.3 is 0 Å². The molecule has 0 saturated carbocycles. The van der Waals surface area contributed by atoms with E-state index in [1.165, 1.54) is 0 Å². The summed E-state index contributed by atoms with van der Waals surface area (Å²) < 4.78 is 5.66. The zero-order valence-corrected chi connectivity index (χ0v) is 11.8. The van der Waals surface area contributed by atoms with Crippen LogP contribution in [0.3, 0.4) is 0 Å². The van der Waals surface area contributed by atoms with E-state index in [4.69, 9.17) is 4.74 Å². The van der Waals surface area contributed by atoms with Crippen molar-refractivity contribution < 1.29 is 14.9 Å². The summed E-state index contributed by atoms with van der Waals surface area (Å²) in [4.78, 5) is 8.87. The summed E-state index contributed by atoms with van der Waals surface area (Å²) in [5, 5.41) is 19.0. The quantitative estimate of drug-likeness (QED) is 0.897. The SMILES string of the molecule is Cc1nc(-c2ccccc2)cc([C@H]2C[C@H](O)[C@@H](CO)O2)n1. The summed E-state index contributed by atoms with van der Waals surface area (Å²) in [5.74, 6) is 0.664. The minimum Gasteiger partial charge on any atom is -0.394 e. The minimum absolute atomic E-state index is 0.187. The van der Waals surface area contributed by atoms with Crippen LogP contribution in [-0.4, -0.2) is 39.0 Å². The Morgan fingerprint density at radius 1 is 1.24 bits per heavy atom. The van der Waals surface area contributed by atoms with Crippen molar-refractivity contribution in [2.75, 3.05) is 6.61 Å². The van der Waals surface area contributed by atoms with Gasteiger partial charge in [-0.25, -0.2) is 9.97 Å². The normalized spacial score (nSPS) is 25.2. The third-order valence-corrected chi connectivity index (χ3v) is 3.66. The lowest BCUT2D eigenvalue weighted by Gasteiger charge is -2.13. The number of aliphatic hydroxyl groups excluding tert-OH is 2. The van der Waals surface area contributed by atoms with Crippen molar-refractivity contribution in [3.8, 4) is 11.3 Å². The molecule has 1 saturated heterocycles. The Labute approximate surface area is 123 Å². The highest BCUT2D eigenvalue weighted by Gasteiger charge is 2.35. The number of aromatic nitrogens is 2. The molecule has 1 aliphatic heterocycles. The van der Waals surface area contributed by atoms with Gasteiger partial charge in [-0.05, 0) is 13.0 Å². The van der Waals surface area contributed by atoms with Crippen molar-refractivity contribution in [3.05, 3.63) is 47.9 Å². The van der Waals surface area contributed by atoms with Crippen molar-refractivity contribution >= 4 is 0 Å². The van der Waals surface area contributed by atoms with Crippen LogP contribution in [0.2, 0.25) is 0 Å². The fourth-order valence-electron chi connectivity index (χ4n) is 2.60. The van der Waals surface area contributed by atoms with Crippen LogP contribution in [0.5, 0.6) is 0 Å². The second-order valence-corrected chi connectivity index (χ2v) is 5.24. The molecular formula is C16H18N2O3. The second kappa shape index (κ2) is 5.89. The average molecular weight is 286 g/mol. The Morgan fingerprint density at radius 2 is 2.00 bits per heavy atom. The fourth-order valence-corrected chi connectivity index (χ4v) is 2.60. The second-order valence-electron chi connectivity index (χ2n) is 5.24. The van der Waals surface area contributed by atoms with E-state index in [0.29, 0.717) is 12.2 Å². The summed E-state index contributed by atoms with van der Waals surface area (Å²) in [6.45, 7) is 1.65. The monoisotopic (exact) mass is 286 g/mol. The number of nitrogens with zero attached hydrogens (tertiary/aromatic N) is 2. The predicted molar refractivity (Wildman–Crippen MR) is 77.5 cm³/mol. The van der Waals surface area contributed by atoms with E-state index in [-0.39, 0.29) is 12.7 Å². The topological polar surface area (TPSA) is 75.5 Å². The lowest BCUT2D eigenvalue weighted by Crippen LogP contribution is -2.24. The molecule has 2 N–H and O–H groups in total. The van der Waals surface area contributed by atoms with Gasteiger partial charge in [-0.1, -0.05) is 30.3 Å². The highest BCUT2D eigenvalue weighted by Crippen LogP contribution is 2.33. The Hall–Kier alpha value is -1.82. The van der Waals surface area contributed by atoms with Gasteiger partial charge in [0.25, 0.3) is 0 Å². The molecule has 5 nitrogen and oxygen atoms in total. The molecule has 1 aliphatic rings. The Balaban J connectivity index is 1.92. The molecule has 3 atom stereocenters. The maximum atomic E-state index is 9.85. The van der Waals surface area contributed by atoms with Crippen LogP contribution >= 0.6 is 0 Å². The summed E-state index contributed by atoms with van der Waals surface area (Å²) in [6, 6.07) is 11.8. The maximum Gasteiger partial charge on any atom is 0.126 e. The number of hydrogen-bond donors (Lipinski definition) is 2. The summed E-state index contributed by atoms with van der Waals surface area (Å²) in [6.07, 6.45) is -1.06. The van der Waals surface area contributed by atoms with Gasteiger partial charge in [0.1, 0.15) is 18.0 Å². The van der Waals surface area contributed by atoms with E-state index in [9.17, 15) is 10.2 Å². The van der Waals surface area contributed by atoms with E-state index in [0.717, 1.165) is 17.0 Å². The van der Waals surface area contributed by atoms with E-state index < -0.39 is 12.2 Å². The van der Waals surface area contributed by atoms with Gasteiger partial charge in [-0.15, -0.1) is 0 Å². The standard InChI is InChI=1S/C16H18N2O3/c1-10-17-12(11-5-3-2-4-6-11)7-13(18-10)15-8-14(20)16(9-19)21-15/h2-7,14-16,19-20H,8-9H2,1H3/t14-,15+,16+/m0/s1. The molecular weight excluding hydrogens is 268 g/mol. The Kier molecular flexibility index (Phi) is 3.96. The van der Waals surface area contributed by atoms with Crippen LogP contribution in [0.1, 0.15) is 24.0 Å². The van der Waals surface area contributed by atoms with Gasteiger partial charge in [-0.2, -0.15) is 0 Å². The third kappa shape index (κ3) is 2.95. The molecule has 2 heterocycles. The first-order valence-corrected chi connectivity index (χ1v) is 7.03. The molecule has 1 fully saturated rings. The van der Waals surface area contributed by atoms with Crippen LogP contribution < -0.4 is 0 Å². The molecule has 110 valence electrons. The molecule has 0 aliphatic carbocycles. The number of rotatable bonds is 3. The van der Waals surface area contributed by atoms with Crippen LogP contribution in [0.15, 0.2) is 36.4 Å². The van der Waals surface area contributed by atoms with Crippen molar-refractivity contribution in [3.63, 3.8) is 0 Å². The first-order chi connectivity index (χ1) is 10.2. The fraction of sp³-hybridized carbons (Fsp3) is 0.375. The molecule has 1 aromatic heterocycles. The smallest absolute Gasteiger partial charge is 0.126 e. The number of ether oxygens (including phenoxy) is 1.